The van der Waals surface area contributed by atoms with Crippen LogP contribution in [-0.4, -0.2) is 15.0 Å². The number of hydrogen-bond donors (Lipinski definition) is 2. The Kier molecular flexibility index (Phi) is 2.39. The number of para-hydroxylation sites is 1. The maximum atomic E-state index is 4.67. The van der Waals surface area contributed by atoms with Gasteiger partial charge in [-0.3, -0.25) is 0 Å². The third-order valence-corrected chi connectivity index (χ3v) is 3.72. The molecule has 0 aliphatic carbocycles. The van der Waals surface area contributed by atoms with Gasteiger partial charge in [0.25, 0.3) is 0 Å². The van der Waals surface area contributed by atoms with Crippen molar-refractivity contribution in [1.82, 2.24) is 15.0 Å². The van der Waals surface area contributed by atoms with Gasteiger partial charge < -0.3 is 9.97 Å². The largest absolute Gasteiger partial charge is 0.361 e. The lowest BCUT2D eigenvalue weighted by Gasteiger charge is -1.95. The molecule has 0 spiro atoms. The van der Waals surface area contributed by atoms with Gasteiger partial charge in [-0.05, 0) is 36.2 Å². The lowest BCUT2D eigenvalue weighted by molar-refractivity contribution is 1.05. The molecular weight excluding hydrogens is 246 g/mol. The number of aryl methyl sites for hydroxylation is 1. The van der Waals surface area contributed by atoms with E-state index in [1.807, 2.05) is 6.07 Å². The van der Waals surface area contributed by atoms with Crippen LogP contribution in [0.1, 0.15) is 17.0 Å². The highest BCUT2D eigenvalue weighted by molar-refractivity contribution is 5.83. The Bertz CT molecular complexity index is 899. The van der Waals surface area contributed by atoms with Crippen molar-refractivity contribution >= 4 is 21.9 Å². The van der Waals surface area contributed by atoms with Crippen LogP contribution in [0.2, 0.25) is 0 Å². The molecule has 0 amide bonds. The summed E-state index contributed by atoms with van der Waals surface area (Å²) in [5.41, 5.74) is 5.84. The molecule has 98 valence electrons. The summed E-state index contributed by atoms with van der Waals surface area (Å²) in [6.45, 7) is 2.10. The van der Waals surface area contributed by atoms with Gasteiger partial charge in [-0.15, -0.1) is 0 Å². The third-order valence-electron chi connectivity index (χ3n) is 3.72. The molecular formula is C17H15N3. The average Bonchev–Trinajstić information content (AvgIpc) is 3.03. The average molecular weight is 261 g/mol. The number of benzene rings is 2. The van der Waals surface area contributed by atoms with E-state index in [1.54, 1.807) is 0 Å². The fourth-order valence-electron chi connectivity index (χ4n) is 2.72. The van der Waals surface area contributed by atoms with E-state index in [4.69, 9.17) is 0 Å². The molecule has 0 saturated heterocycles. The molecule has 4 rings (SSSR count). The fraction of sp³-hybridized carbons (Fsp3) is 0.118. The number of aromatic amines is 2. The molecule has 0 bridgehead atoms. The van der Waals surface area contributed by atoms with Gasteiger partial charge in [-0.2, -0.15) is 0 Å². The second-order valence-electron chi connectivity index (χ2n) is 5.24. The first kappa shape index (κ1) is 11.3. The molecule has 20 heavy (non-hydrogen) atoms. The molecule has 0 unspecified atom stereocenters. The normalized spacial score (nSPS) is 11.4. The van der Waals surface area contributed by atoms with E-state index in [1.165, 1.54) is 22.0 Å². The van der Waals surface area contributed by atoms with Gasteiger partial charge in [0.15, 0.2) is 0 Å². The predicted octanol–water partition coefficient (Wildman–Crippen LogP) is 3.94. The first-order valence-electron chi connectivity index (χ1n) is 6.80. The minimum atomic E-state index is 0.817. The number of fused-ring (bicyclic) bond motifs is 2. The van der Waals surface area contributed by atoms with Gasteiger partial charge in [0.1, 0.15) is 5.82 Å². The summed E-state index contributed by atoms with van der Waals surface area (Å²) in [6, 6.07) is 14.7. The molecule has 2 heterocycles. The predicted molar refractivity (Wildman–Crippen MR) is 81.9 cm³/mol. The molecule has 0 fully saturated rings. The van der Waals surface area contributed by atoms with E-state index in [9.17, 15) is 0 Å². The number of H-pyrrole nitrogens is 2. The molecule has 2 aromatic heterocycles. The van der Waals surface area contributed by atoms with Crippen molar-refractivity contribution in [2.75, 3.05) is 0 Å². The highest BCUT2D eigenvalue weighted by atomic mass is 14.9. The molecule has 4 aromatic rings. The number of nitrogens with one attached hydrogen (secondary N) is 2. The first-order valence-corrected chi connectivity index (χ1v) is 6.80. The molecule has 2 aromatic carbocycles. The molecule has 2 N–H and O–H groups in total. The Balaban J connectivity index is 1.76. The zero-order valence-corrected chi connectivity index (χ0v) is 11.3. The maximum Gasteiger partial charge on any atom is 0.111 e. The van der Waals surface area contributed by atoms with Crippen molar-refractivity contribution in [3.05, 3.63) is 65.6 Å². The van der Waals surface area contributed by atoms with Crippen molar-refractivity contribution < 1.29 is 0 Å². The van der Waals surface area contributed by atoms with Gasteiger partial charge in [0.05, 0.1) is 11.0 Å². The van der Waals surface area contributed by atoms with Crippen molar-refractivity contribution in [3.8, 4) is 0 Å². The lowest BCUT2D eigenvalue weighted by Crippen LogP contribution is -1.88. The van der Waals surface area contributed by atoms with E-state index in [2.05, 4.69) is 64.5 Å². The Hall–Kier alpha value is -2.55. The van der Waals surface area contributed by atoms with E-state index in [0.717, 1.165) is 23.3 Å². The zero-order chi connectivity index (χ0) is 13.5. The number of aromatic nitrogens is 3. The second-order valence-corrected chi connectivity index (χ2v) is 5.24. The van der Waals surface area contributed by atoms with Crippen LogP contribution < -0.4 is 0 Å². The van der Waals surface area contributed by atoms with Crippen molar-refractivity contribution in [1.29, 1.82) is 0 Å². The molecule has 0 radical (unpaired) electrons. The molecule has 3 heteroatoms. The molecule has 0 saturated carbocycles. The third kappa shape index (κ3) is 1.79. The topological polar surface area (TPSA) is 44.5 Å². The standard InChI is InChI=1S/C17H15N3/c1-11-6-7-15-16(8-11)20-17(19-15)9-12-10-18-14-5-3-2-4-13(12)14/h2-8,10,18H,9H2,1H3,(H,19,20). The Morgan fingerprint density at radius 3 is 2.90 bits per heavy atom. The van der Waals surface area contributed by atoms with Gasteiger partial charge >= 0.3 is 0 Å². The van der Waals surface area contributed by atoms with E-state index < -0.39 is 0 Å². The maximum absolute atomic E-state index is 4.67. The number of rotatable bonds is 2. The number of nitrogens with zero attached hydrogens (tertiary/aromatic N) is 1. The molecule has 0 atom stereocenters. The van der Waals surface area contributed by atoms with Crippen LogP contribution >= 0.6 is 0 Å². The zero-order valence-electron chi connectivity index (χ0n) is 11.3. The lowest BCUT2D eigenvalue weighted by atomic mass is 10.1. The minimum absolute atomic E-state index is 0.817. The quantitative estimate of drug-likeness (QED) is 0.564. The second kappa shape index (κ2) is 4.23. The Labute approximate surface area is 116 Å². The van der Waals surface area contributed by atoms with Gasteiger partial charge in [0, 0.05) is 23.5 Å². The van der Waals surface area contributed by atoms with Crippen LogP contribution in [0.5, 0.6) is 0 Å². The summed E-state index contributed by atoms with van der Waals surface area (Å²) in [7, 11) is 0. The van der Waals surface area contributed by atoms with Crippen molar-refractivity contribution in [3.63, 3.8) is 0 Å². The summed E-state index contributed by atoms with van der Waals surface area (Å²) in [5, 5.41) is 1.27. The molecule has 3 nitrogen and oxygen atoms in total. The highest BCUT2D eigenvalue weighted by Crippen LogP contribution is 2.21. The number of hydrogen-bond acceptors (Lipinski definition) is 1. The summed E-state index contributed by atoms with van der Waals surface area (Å²) in [6.07, 6.45) is 2.89. The Morgan fingerprint density at radius 1 is 1.05 bits per heavy atom. The molecule has 0 aliphatic rings. The van der Waals surface area contributed by atoms with E-state index >= 15 is 0 Å². The monoisotopic (exact) mass is 261 g/mol. The van der Waals surface area contributed by atoms with Crippen molar-refractivity contribution in [2.45, 2.75) is 13.3 Å². The van der Waals surface area contributed by atoms with Crippen LogP contribution in [0.3, 0.4) is 0 Å². The summed E-state index contributed by atoms with van der Waals surface area (Å²) in [4.78, 5) is 11.4. The summed E-state index contributed by atoms with van der Waals surface area (Å²) in [5.74, 6) is 1.01. The van der Waals surface area contributed by atoms with E-state index in [0.29, 0.717) is 0 Å². The van der Waals surface area contributed by atoms with Crippen LogP contribution in [0.25, 0.3) is 21.9 Å². The highest BCUT2D eigenvalue weighted by Gasteiger charge is 2.07. The smallest absolute Gasteiger partial charge is 0.111 e. The van der Waals surface area contributed by atoms with Crippen LogP contribution in [0, 0.1) is 6.92 Å². The van der Waals surface area contributed by atoms with E-state index in [-0.39, 0.29) is 0 Å². The summed E-state index contributed by atoms with van der Waals surface area (Å²) >= 11 is 0. The van der Waals surface area contributed by atoms with Gasteiger partial charge in [0.2, 0.25) is 0 Å². The van der Waals surface area contributed by atoms with Crippen LogP contribution in [-0.2, 0) is 6.42 Å². The first-order chi connectivity index (χ1) is 9.79. The SMILES string of the molecule is Cc1ccc2nc(Cc3c[nH]c4ccccc34)[nH]c2c1. The van der Waals surface area contributed by atoms with Crippen LogP contribution in [0.4, 0.5) is 0 Å². The van der Waals surface area contributed by atoms with Gasteiger partial charge in [-0.1, -0.05) is 24.3 Å². The summed E-state index contributed by atoms with van der Waals surface area (Å²) < 4.78 is 0. The fourth-order valence-corrected chi connectivity index (χ4v) is 2.72. The minimum Gasteiger partial charge on any atom is -0.361 e. The Morgan fingerprint density at radius 2 is 1.95 bits per heavy atom. The van der Waals surface area contributed by atoms with Crippen LogP contribution in [0.15, 0.2) is 48.7 Å². The van der Waals surface area contributed by atoms with Gasteiger partial charge in [-0.25, -0.2) is 4.98 Å². The molecule has 0 aliphatic heterocycles. The number of imidazole rings is 1. The van der Waals surface area contributed by atoms with Crippen molar-refractivity contribution in [2.24, 2.45) is 0 Å².